The first kappa shape index (κ1) is 19.7. The number of nitrogens with one attached hydrogen (secondary N) is 1. The Morgan fingerprint density at radius 2 is 1.81 bits per heavy atom. The molecule has 2 aliphatic rings. The van der Waals surface area contributed by atoms with E-state index in [1.807, 2.05) is 11.0 Å². The van der Waals surface area contributed by atoms with Crippen molar-refractivity contribution in [2.24, 2.45) is 11.8 Å². The van der Waals surface area contributed by atoms with Crippen LogP contribution >= 0.6 is 11.6 Å². The summed E-state index contributed by atoms with van der Waals surface area (Å²) in [4.78, 5) is 38.6. The van der Waals surface area contributed by atoms with Gasteiger partial charge in [0.2, 0.25) is 11.8 Å². The minimum atomic E-state index is -0.537. The van der Waals surface area contributed by atoms with E-state index in [2.05, 4.69) is 5.32 Å². The standard InChI is InChI=1S/C20H25ClN2O4/c1-27-18(24)12-17(15-4-2-3-5-16(15)21)22-19(25)13-8-10-23(11-9-13)20(26)14-6-7-14/h2-5,13-14,17H,6-12H2,1H3,(H,22,25). The maximum absolute atomic E-state index is 12.8. The largest absolute Gasteiger partial charge is 0.469 e. The molecule has 7 heteroatoms. The summed E-state index contributed by atoms with van der Waals surface area (Å²) < 4.78 is 4.76. The zero-order valence-corrected chi connectivity index (χ0v) is 16.2. The first-order valence-corrected chi connectivity index (χ1v) is 9.77. The summed E-state index contributed by atoms with van der Waals surface area (Å²) in [5.74, 6) is -0.253. The molecule has 0 aromatic heterocycles. The van der Waals surface area contributed by atoms with Gasteiger partial charge >= 0.3 is 5.97 Å². The number of halogens is 1. The average molecular weight is 393 g/mol. The molecule has 1 aromatic rings. The Hall–Kier alpha value is -2.08. The van der Waals surface area contributed by atoms with Gasteiger partial charge in [0, 0.05) is 29.9 Å². The van der Waals surface area contributed by atoms with E-state index >= 15 is 0 Å². The fraction of sp³-hybridized carbons (Fsp3) is 0.550. The van der Waals surface area contributed by atoms with Gasteiger partial charge in [0.05, 0.1) is 19.6 Å². The minimum absolute atomic E-state index is 0.0188. The first-order valence-electron chi connectivity index (χ1n) is 9.40. The summed E-state index contributed by atoms with van der Waals surface area (Å²) in [7, 11) is 1.32. The summed E-state index contributed by atoms with van der Waals surface area (Å²) >= 11 is 6.26. The van der Waals surface area contributed by atoms with Crippen LogP contribution in [0.25, 0.3) is 0 Å². The lowest BCUT2D eigenvalue weighted by molar-refractivity contribution is -0.142. The number of nitrogens with zero attached hydrogens (tertiary/aromatic N) is 1. The van der Waals surface area contributed by atoms with Gasteiger partial charge < -0.3 is 15.0 Å². The van der Waals surface area contributed by atoms with Crippen molar-refractivity contribution in [1.29, 1.82) is 0 Å². The van der Waals surface area contributed by atoms with Crippen LogP contribution in [0.4, 0.5) is 0 Å². The number of likely N-dealkylation sites (tertiary alicyclic amines) is 1. The van der Waals surface area contributed by atoms with E-state index in [1.54, 1.807) is 18.2 Å². The van der Waals surface area contributed by atoms with Crippen molar-refractivity contribution in [3.05, 3.63) is 34.9 Å². The Labute approximate surface area is 164 Å². The molecular formula is C20H25ClN2O4. The molecule has 2 fully saturated rings. The van der Waals surface area contributed by atoms with E-state index in [0.29, 0.717) is 36.5 Å². The smallest absolute Gasteiger partial charge is 0.307 e. The fourth-order valence-corrected chi connectivity index (χ4v) is 3.75. The highest BCUT2D eigenvalue weighted by Crippen LogP contribution is 2.33. The molecule has 1 saturated carbocycles. The van der Waals surface area contributed by atoms with Gasteiger partial charge in [0.1, 0.15) is 0 Å². The summed E-state index contributed by atoms with van der Waals surface area (Å²) in [6.45, 7) is 1.22. The second-order valence-corrected chi connectivity index (χ2v) is 7.64. The number of hydrogen-bond donors (Lipinski definition) is 1. The zero-order valence-electron chi connectivity index (χ0n) is 15.4. The molecule has 3 rings (SSSR count). The number of hydrogen-bond acceptors (Lipinski definition) is 4. The Bertz CT molecular complexity index is 712. The molecule has 27 heavy (non-hydrogen) atoms. The topological polar surface area (TPSA) is 75.7 Å². The lowest BCUT2D eigenvalue weighted by atomic mass is 9.94. The third-order valence-electron chi connectivity index (χ3n) is 5.30. The van der Waals surface area contributed by atoms with Gasteiger partial charge in [0.25, 0.3) is 0 Å². The molecule has 146 valence electrons. The molecule has 0 spiro atoms. The number of ether oxygens (including phenoxy) is 1. The first-order chi connectivity index (χ1) is 13.0. The number of piperidine rings is 1. The van der Waals surface area contributed by atoms with Crippen LogP contribution in [0, 0.1) is 11.8 Å². The SMILES string of the molecule is COC(=O)CC(NC(=O)C1CCN(C(=O)C2CC2)CC1)c1ccccc1Cl. The van der Waals surface area contributed by atoms with Crippen molar-refractivity contribution < 1.29 is 19.1 Å². The van der Waals surface area contributed by atoms with Gasteiger partial charge in [0.15, 0.2) is 0 Å². The Morgan fingerprint density at radius 1 is 1.15 bits per heavy atom. The number of carbonyl (C=O) groups excluding carboxylic acids is 3. The van der Waals surface area contributed by atoms with Crippen molar-refractivity contribution in [3.8, 4) is 0 Å². The van der Waals surface area contributed by atoms with E-state index < -0.39 is 12.0 Å². The van der Waals surface area contributed by atoms with Gasteiger partial charge in [-0.05, 0) is 37.3 Å². The highest BCUT2D eigenvalue weighted by molar-refractivity contribution is 6.31. The molecule has 1 heterocycles. The number of esters is 1. The molecule has 1 atom stereocenters. The maximum Gasteiger partial charge on any atom is 0.307 e. The molecule has 1 aliphatic carbocycles. The summed E-state index contributed by atoms with van der Waals surface area (Å²) in [6.07, 6.45) is 3.28. The normalized spacial score (nSPS) is 18.7. The third kappa shape index (κ3) is 5.01. The lowest BCUT2D eigenvalue weighted by Crippen LogP contribution is -2.44. The molecule has 1 aliphatic heterocycles. The van der Waals surface area contributed by atoms with Crippen molar-refractivity contribution in [3.63, 3.8) is 0 Å². The van der Waals surface area contributed by atoms with Gasteiger partial charge in [-0.3, -0.25) is 14.4 Å². The number of methoxy groups -OCH3 is 1. The predicted octanol–water partition coefficient (Wildman–Crippen LogP) is 2.71. The van der Waals surface area contributed by atoms with Crippen LogP contribution in [0.1, 0.15) is 43.7 Å². The van der Waals surface area contributed by atoms with Crippen LogP contribution in [0.2, 0.25) is 5.02 Å². The van der Waals surface area contributed by atoms with Crippen molar-refractivity contribution >= 4 is 29.4 Å². The lowest BCUT2D eigenvalue weighted by Gasteiger charge is -2.32. The van der Waals surface area contributed by atoms with Gasteiger partial charge in [-0.15, -0.1) is 0 Å². The van der Waals surface area contributed by atoms with Crippen molar-refractivity contribution in [2.75, 3.05) is 20.2 Å². The van der Waals surface area contributed by atoms with Crippen molar-refractivity contribution in [1.82, 2.24) is 10.2 Å². The Kier molecular flexibility index (Phi) is 6.37. The predicted molar refractivity (Wildman–Crippen MR) is 101 cm³/mol. The number of carbonyl (C=O) groups is 3. The van der Waals surface area contributed by atoms with Crippen LogP contribution in [0.5, 0.6) is 0 Å². The highest BCUT2D eigenvalue weighted by Gasteiger charge is 2.36. The van der Waals surface area contributed by atoms with E-state index in [1.165, 1.54) is 7.11 Å². The van der Waals surface area contributed by atoms with Crippen LogP contribution in [0.15, 0.2) is 24.3 Å². The van der Waals surface area contributed by atoms with Crippen molar-refractivity contribution in [2.45, 2.75) is 38.1 Å². The number of amides is 2. The fourth-order valence-electron chi connectivity index (χ4n) is 3.49. The van der Waals surface area contributed by atoms with Crippen LogP contribution in [-0.4, -0.2) is 42.9 Å². The van der Waals surface area contributed by atoms with E-state index in [0.717, 1.165) is 12.8 Å². The Balaban J connectivity index is 1.61. The Morgan fingerprint density at radius 3 is 2.41 bits per heavy atom. The van der Waals surface area contributed by atoms with Crippen LogP contribution < -0.4 is 5.32 Å². The molecule has 2 amide bonds. The molecular weight excluding hydrogens is 368 g/mol. The van der Waals surface area contributed by atoms with Gasteiger partial charge in [-0.25, -0.2) is 0 Å². The van der Waals surface area contributed by atoms with Gasteiger partial charge in [-0.1, -0.05) is 29.8 Å². The minimum Gasteiger partial charge on any atom is -0.469 e. The van der Waals surface area contributed by atoms with Crippen LogP contribution in [0.3, 0.4) is 0 Å². The summed E-state index contributed by atoms with van der Waals surface area (Å²) in [6, 6.07) is 6.61. The number of benzene rings is 1. The average Bonchev–Trinajstić information content (AvgIpc) is 3.52. The summed E-state index contributed by atoms with van der Waals surface area (Å²) in [5, 5.41) is 3.46. The number of rotatable bonds is 6. The molecule has 0 bridgehead atoms. The zero-order chi connectivity index (χ0) is 19.4. The van der Waals surface area contributed by atoms with Crippen LogP contribution in [-0.2, 0) is 19.1 Å². The summed E-state index contributed by atoms with van der Waals surface area (Å²) in [5.41, 5.74) is 0.694. The molecule has 1 saturated heterocycles. The van der Waals surface area contributed by atoms with E-state index in [4.69, 9.17) is 16.3 Å². The second kappa shape index (κ2) is 8.74. The third-order valence-corrected chi connectivity index (χ3v) is 5.64. The quantitative estimate of drug-likeness (QED) is 0.755. The molecule has 1 unspecified atom stereocenters. The molecule has 1 N–H and O–H groups in total. The molecule has 6 nitrogen and oxygen atoms in total. The van der Waals surface area contributed by atoms with E-state index in [-0.39, 0.29) is 30.1 Å². The highest BCUT2D eigenvalue weighted by atomic mass is 35.5. The monoisotopic (exact) mass is 392 g/mol. The maximum atomic E-state index is 12.8. The van der Waals surface area contributed by atoms with Gasteiger partial charge in [-0.2, -0.15) is 0 Å². The molecule has 0 radical (unpaired) electrons. The second-order valence-electron chi connectivity index (χ2n) is 7.24. The molecule has 1 aromatic carbocycles. The van der Waals surface area contributed by atoms with E-state index in [9.17, 15) is 14.4 Å².